The highest BCUT2D eigenvalue weighted by Crippen LogP contribution is 2.36. The minimum atomic E-state index is -0.705. The lowest BCUT2D eigenvalue weighted by molar-refractivity contribution is -0.137. The molecule has 0 bridgehead atoms. The summed E-state index contributed by atoms with van der Waals surface area (Å²) in [5.41, 5.74) is 7.03. The Morgan fingerprint density at radius 2 is 1.52 bits per heavy atom. The van der Waals surface area contributed by atoms with E-state index in [2.05, 4.69) is 22.9 Å². The number of carbonyl (C=O) groups is 4. The van der Waals surface area contributed by atoms with Gasteiger partial charge in [0.1, 0.15) is 36.0 Å². The molecule has 1 saturated heterocycles. The number of benzene rings is 4. The molecule has 0 spiro atoms. The predicted octanol–water partition coefficient (Wildman–Crippen LogP) is 5.24. The van der Waals surface area contributed by atoms with Crippen molar-refractivity contribution in [2.24, 2.45) is 0 Å². The Bertz CT molecular complexity index is 2030. The maximum absolute atomic E-state index is 13.1. The molecule has 0 aliphatic carbocycles. The normalized spacial score (nSPS) is 16.3. The van der Waals surface area contributed by atoms with Crippen molar-refractivity contribution in [1.82, 2.24) is 15.5 Å². The quantitative estimate of drug-likeness (QED) is 0.0624. The van der Waals surface area contributed by atoms with Gasteiger partial charge < -0.3 is 35.2 Å². The number of hydrogen-bond acceptors (Lipinski definition) is 9. The summed E-state index contributed by atoms with van der Waals surface area (Å²) in [6, 6.07) is 26.6. The minimum absolute atomic E-state index is 0.183. The zero-order valence-electron chi connectivity index (χ0n) is 30.3. The number of piperidine rings is 1. The van der Waals surface area contributed by atoms with E-state index in [1.54, 1.807) is 43.3 Å². The number of fused-ring (bicyclic) bond motifs is 1. The predicted molar refractivity (Wildman–Crippen MR) is 204 cm³/mol. The van der Waals surface area contributed by atoms with Crippen molar-refractivity contribution in [3.05, 3.63) is 119 Å². The maximum atomic E-state index is 13.1. The van der Waals surface area contributed by atoms with E-state index >= 15 is 0 Å². The van der Waals surface area contributed by atoms with Crippen LogP contribution in [0.25, 0.3) is 11.1 Å². The number of phenolic OH excluding ortho intramolecular Hbond substituents is 2. The smallest absolute Gasteiger partial charge is 0.255 e. The van der Waals surface area contributed by atoms with E-state index in [1.165, 1.54) is 4.90 Å². The second-order valence-corrected chi connectivity index (χ2v) is 13.1. The Hall–Kier alpha value is -6.14. The van der Waals surface area contributed by atoms with E-state index < -0.39 is 18.1 Å². The molecule has 2 heterocycles. The van der Waals surface area contributed by atoms with Gasteiger partial charge in [0.05, 0.1) is 13.2 Å². The second kappa shape index (κ2) is 17.1. The van der Waals surface area contributed by atoms with E-state index in [4.69, 9.17) is 9.47 Å². The van der Waals surface area contributed by atoms with Crippen LogP contribution >= 0.6 is 0 Å². The van der Waals surface area contributed by atoms with Gasteiger partial charge in [-0.3, -0.25) is 24.5 Å². The summed E-state index contributed by atoms with van der Waals surface area (Å²) in [4.78, 5) is 51.3. The van der Waals surface area contributed by atoms with E-state index in [0.717, 1.165) is 45.5 Å². The average Bonchev–Trinajstić information content (AvgIpc) is 3.51. The molecule has 12 heteroatoms. The molecular formula is C42H44N4O8. The Labute approximate surface area is 313 Å². The van der Waals surface area contributed by atoms with Crippen LogP contribution in [-0.2, 0) is 25.7 Å². The van der Waals surface area contributed by atoms with Gasteiger partial charge in [0.25, 0.3) is 5.91 Å². The van der Waals surface area contributed by atoms with Crippen LogP contribution in [0.15, 0.2) is 91.0 Å². The van der Waals surface area contributed by atoms with Gasteiger partial charge >= 0.3 is 0 Å². The maximum Gasteiger partial charge on any atom is 0.255 e. The first-order valence-corrected chi connectivity index (χ1v) is 18.1. The summed E-state index contributed by atoms with van der Waals surface area (Å²) >= 11 is 0. The standard InChI is InChI=1S/C42H44N4O8/c1-3-33(27-7-13-30(47)14-8-27)39(28-9-15-31(48)16-10-28)29-11-17-32(18-12-29)54-24-22-44-40(50)26(2)53-23-21-43-36-6-4-5-34-35(36)25-46(42(34)52)37-19-20-38(49)45-41(37)51/h4-18,26,37,43,47-48H,3,19-25H2,1-2H3,(H,44,50)(H,45,49,51). The first-order valence-electron chi connectivity index (χ1n) is 18.1. The average molecular weight is 733 g/mol. The van der Waals surface area contributed by atoms with Crippen molar-refractivity contribution in [3.8, 4) is 17.2 Å². The molecule has 2 atom stereocenters. The molecule has 4 amide bonds. The molecule has 4 aromatic carbocycles. The molecule has 12 nitrogen and oxygen atoms in total. The highest BCUT2D eigenvalue weighted by Gasteiger charge is 2.39. The molecule has 2 aliphatic rings. The summed E-state index contributed by atoms with van der Waals surface area (Å²) in [5, 5.41) is 28.2. The fourth-order valence-corrected chi connectivity index (χ4v) is 6.78. The molecule has 4 aromatic rings. The Kier molecular flexibility index (Phi) is 11.9. The van der Waals surface area contributed by atoms with Crippen LogP contribution in [0.5, 0.6) is 17.2 Å². The van der Waals surface area contributed by atoms with Crippen molar-refractivity contribution >= 4 is 40.5 Å². The summed E-state index contributed by atoms with van der Waals surface area (Å²) in [5.74, 6) is -0.269. The van der Waals surface area contributed by atoms with Crippen molar-refractivity contribution in [2.75, 3.05) is 31.6 Å². The highest BCUT2D eigenvalue weighted by molar-refractivity contribution is 6.06. The number of amides is 4. The number of hydrogen-bond donors (Lipinski definition) is 5. The van der Waals surface area contributed by atoms with Crippen LogP contribution < -0.4 is 20.7 Å². The van der Waals surface area contributed by atoms with E-state index in [-0.39, 0.29) is 61.9 Å². The highest BCUT2D eigenvalue weighted by atomic mass is 16.5. The number of anilines is 1. The molecule has 0 radical (unpaired) electrons. The third-order valence-corrected chi connectivity index (χ3v) is 9.58. The lowest BCUT2D eigenvalue weighted by Crippen LogP contribution is -2.52. The van der Waals surface area contributed by atoms with Crippen LogP contribution in [0.3, 0.4) is 0 Å². The molecule has 2 unspecified atom stereocenters. The van der Waals surface area contributed by atoms with Crippen molar-refractivity contribution in [1.29, 1.82) is 0 Å². The lowest BCUT2D eigenvalue weighted by atomic mass is 9.88. The second-order valence-electron chi connectivity index (χ2n) is 13.1. The van der Waals surface area contributed by atoms with Gasteiger partial charge in [-0.25, -0.2) is 0 Å². The van der Waals surface area contributed by atoms with E-state index in [9.17, 15) is 29.4 Å². The Morgan fingerprint density at radius 1 is 0.870 bits per heavy atom. The Morgan fingerprint density at radius 3 is 2.17 bits per heavy atom. The van der Waals surface area contributed by atoms with E-state index in [0.29, 0.717) is 24.3 Å². The third-order valence-electron chi connectivity index (χ3n) is 9.58. The van der Waals surface area contributed by atoms with Crippen molar-refractivity contribution in [3.63, 3.8) is 0 Å². The number of ether oxygens (including phenoxy) is 2. The number of rotatable bonds is 15. The first kappa shape index (κ1) is 37.6. The number of imide groups is 1. The van der Waals surface area contributed by atoms with Gasteiger partial charge in [-0.15, -0.1) is 0 Å². The van der Waals surface area contributed by atoms with Crippen LogP contribution in [0.1, 0.15) is 65.7 Å². The SMILES string of the molecule is CCC(=C(c1ccc(O)cc1)c1ccc(OCCNC(=O)C(C)OCCNc2cccc3c2CN(C2CCC(=O)NC2=O)C3=O)cc1)c1ccc(O)cc1. The minimum Gasteiger partial charge on any atom is -0.508 e. The number of nitrogens with zero attached hydrogens (tertiary/aromatic N) is 1. The van der Waals surface area contributed by atoms with E-state index in [1.807, 2.05) is 54.6 Å². The largest absolute Gasteiger partial charge is 0.508 e. The van der Waals surface area contributed by atoms with Gasteiger partial charge in [-0.05, 0) is 96.1 Å². The zero-order valence-corrected chi connectivity index (χ0v) is 30.3. The summed E-state index contributed by atoms with van der Waals surface area (Å²) in [6.45, 7) is 5.16. The first-order chi connectivity index (χ1) is 26.1. The molecule has 280 valence electrons. The fourth-order valence-electron chi connectivity index (χ4n) is 6.78. The zero-order chi connectivity index (χ0) is 38.2. The topological polar surface area (TPSA) is 167 Å². The molecule has 54 heavy (non-hydrogen) atoms. The monoisotopic (exact) mass is 732 g/mol. The summed E-state index contributed by atoms with van der Waals surface area (Å²) < 4.78 is 11.7. The number of phenols is 2. The van der Waals surface area contributed by atoms with Gasteiger partial charge in [0.15, 0.2) is 0 Å². The molecule has 2 aliphatic heterocycles. The molecule has 5 N–H and O–H groups in total. The molecule has 6 rings (SSSR count). The molecule has 1 fully saturated rings. The van der Waals surface area contributed by atoms with Gasteiger partial charge in [-0.2, -0.15) is 0 Å². The third kappa shape index (κ3) is 8.72. The van der Waals surface area contributed by atoms with Crippen molar-refractivity contribution in [2.45, 2.75) is 51.8 Å². The molecule has 0 saturated carbocycles. The van der Waals surface area contributed by atoms with Crippen LogP contribution in [0, 0.1) is 0 Å². The molecule has 0 aromatic heterocycles. The number of carbonyl (C=O) groups excluding carboxylic acids is 4. The van der Waals surface area contributed by atoms with Gasteiger partial charge in [0.2, 0.25) is 17.7 Å². The lowest BCUT2D eigenvalue weighted by Gasteiger charge is -2.29. The van der Waals surface area contributed by atoms with Crippen LogP contribution in [-0.4, -0.2) is 77.2 Å². The van der Waals surface area contributed by atoms with Crippen LogP contribution in [0.4, 0.5) is 5.69 Å². The number of allylic oxidation sites excluding steroid dienone is 1. The fraction of sp³-hybridized carbons (Fsp3) is 0.286. The number of aromatic hydroxyl groups is 2. The van der Waals surface area contributed by atoms with Crippen molar-refractivity contribution < 1.29 is 38.9 Å². The molecular weight excluding hydrogens is 688 g/mol. The summed E-state index contributed by atoms with van der Waals surface area (Å²) in [6.07, 6.45) is 0.523. The van der Waals surface area contributed by atoms with Crippen LogP contribution in [0.2, 0.25) is 0 Å². The van der Waals surface area contributed by atoms with Gasteiger partial charge in [-0.1, -0.05) is 49.4 Å². The van der Waals surface area contributed by atoms with Gasteiger partial charge in [0, 0.05) is 36.3 Å². The summed E-state index contributed by atoms with van der Waals surface area (Å²) in [7, 11) is 0. The Balaban J connectivity index is 0.965. The number of nitrogens with one attached hydrogen (secondary N) is 3.